The van der Waals surface area contributed by atoms with Crippen molar-refractivity contribution in [2.75, 3.05) is 6.61 Å². The summed E-state index contributed by atoms with van der Waals surface area (Å²) in [5, 5.41) is 11.1. The topological polar surface area (TPSA) is 55.5 Å². The Morgan fingerprint density at radius 2 is 1.95 bits per heavy atom. The Bertz CT molecular complexity index is 490. The number of nitrogens with two attached hydrogens (primary N) is 1. The van der Waals surface area contributed by atoms with Gasteiger partial charge in [-0.2, -0.15) is 0 Å². The highest BCUT2D eigenvalue weighted by molar-refractivity contribution is 6.32. The van der Waals surface area contributed by atoms with Crippen LogP contribution in [-0.2, 0) is 0 Å². The van der Waals surface area contributed by atoms with Crippen molar-refractivity contribution >= 4 is 11.6 Å². The molecule has 0 aliphatic carbocycles. The van der Waals surface area contributed by atoms with Crippen molar-refractivity contribution in [3.8, 4) is 5.75 Å². The van der Waals surface area contributed by atoms with Crippen LogP contribution in [0.15, 0.2) is 6.07 Å². The van der Waals surface area contributed by atoms with Crippen molar-refractivity contribution in [1.82, 2.24) is 0 Å². The number of benzene rings is 1. The number of aliphatic hydroxyl groups is 1. The van der Waals surface area contributed by atoms with E-state index in [0.29, 0.717) is 13.0 Å². The molecule has 0 heterocycles. The van der Waals surface area contributed by atoms with Gasteiger partial charge in [0.15, 0.2) is 0 Å². The normalized spacial score (nSPS) is 15.5. The summed E-state index contributed by atoms with van der Waals surface area (Å²) in [4.78, 5) is 0. The third-order valence-electron chi connectivity index (χ3n) is 4.20. The highest BCUT2D eigenvalue weighted by Gasteiger charge is 2.23. The quantitative estimate of drug-likeness (QED) is 0.746. The first-order valence-corrected chi connectivity index (χ1v) is 8.57. The van der Waals surface area contributed by atoms with Gasteiger partial charge in [-0.15, -0.1) is 0 Å². The molecule has 1 aromatic carbocycles. The minimum Gasteiger partial charge on any atom is -0.494 e. The van der Waals surface area contributed by atoms with E-state index in [4.69, 9.17) is 22.1 Å². The Kier molecular flexibility index (Phi) is 7.67. The van der Waals surface area contributed by atoms with E-state index in [1.807, 2.05) is 26.8 Å². The Morgan fingerprint density at radius 3 is 2.50 bits per heavy atom. The van der Waals surface area contributed by atoms with E-state index in [1.54, 1.807) is 0 Å². The number of halogens is 1. The summed E-state index contributed by atoms with van der Waals surface area (Å²) in [7, 11) is 0. The van der Waals surface area contributed by atoms with Crippen molar-refractivity contribution in [3.05, 3.63) is 27.8 Å². The van der Waals surface area contributed by atoms with E-state index >= 15 is 0 Å². The van der Waals surface area contributed by atoms with Gasteiger partial charge >= 0.3 is 0 Å². The molecular formula is C18H30ClNO2. The first kappa shape index (κ1) is 19.3. The van der Waals surface area contributed by atoms with E-state index in [-0.39, 0.29) is 12.0 Å². The van der Waals surface area contributed by atoms with Gasteiger partial charge in [-0.1, -0.05) is 31.9 Å². The summed E-state index contributed by atoms with van der Waals surface area (Å²) < 4.78 is 5.79. The number of ether oxygens (including phenoxy) is 1. The average Bonchev–Trinajstić information content (AvgIpc) is 2.45. The smallest absolute Gasteiger partial charge is 0.123 e. The summed E-state index contributed by atoms with van der Waals surface area (Å²) in [5.41, 5.74) is 9.17. The number of aliphatic hydroxyl groups excluding tert-OH is 1. The highest BCUT2D eigenvalue weighted by Crippen LogP contribution is 2.38. The predicted molar refractivity (Wildman–Crippen MR) is 94.0 cm³/mol. The predicted octanol–water partition coefficient (Wildman–Crippen LogP) is 4.34. The van der Waals surface area contributed by atoms with Gasteiger partial charge in [0, 0.05) is 16.6 Å². The fourth-order valence-electron chi connectivity index (χ4n) is 3.00. The molecule has 0 radical (unpaired) electrons. The standard InChI is InChI=1S/C18H30ClNO2/c1-6-8-14(20)15(21)9-11(3)17-13(5)18(19)12(4)10-16(17)22-7-2/h10-11,14-15,21H,6-9,20H2,1-5H3. The summed E-state index contributed by atoms with van der Waals surface area (Å²) in [5.74, 6) is 1.00. The van der Waals surface area contributed by atoms with Gasteiger partial charge in [0.2, 0.25) is 0 Å². The largest absolute Gasteiger partial charge is 0.494 e. The maximum Gasteiger partial charge on any atom is 0.123 e. The average molecular weight is 328 g/mol. The lowest BCUT2D eigenvalue weighted by Crippen LogP contribution is -2.35. The van der Waals surface area contributed by atoms with E-state index in [0.717, 1.165) is 40.3 Å². The molecule has 0 fully saturated rings. The zero-order valence-electron chi connectivity index (χ0n) is 14.4. The van der Waals surface area contributed by atoms with E-state index in [1.165, 1.54) is 0 Å². The summed E-state index contributed by atoms with van der Waals surface area (Å²) in [6.45, 7) is 10.8. The van der Waals surface area contributed by atoms with E-state index < -0.39 is 6.10 Å². The lowest BCUT2D eigenvalue weighted by Gasteiger charge is -2.25. The number of hydrogen-bond acceptors (Lipinski definition) is 3. The Balaban J connectivity index is 3.05. The van der Waals surface area contributed by atoms with Crippen LogP contribution >= 0.6 is 11.6 Å². The van der Waals surface area contributed by atoms with Gasteiger partial charge in [0.1, 0.15) is 5.75 Å². The molecule has 3 unspecified atom stereocenters. The molecule has 1 aromatic rings. The molecule has 1 rings (SSSR count). The van der Waals surface area contributed by atoms with Crippen LogP contribution in [0, 0.1) is 13.8 Å². The van der Waals surface area contributed by atoms with Gasteiger partial charge in [-0.25, -0.2) is 0 Å². The molecule has 3 N–H and O–H groups in total. The lowest BCUT2D eigenvalue weighted by molar-refractivity contribution is 0.123. The zero-order chi connectivity index (χ0) is 16.9. The maximum absolute atomic E-state index is 10.3. The highest BCUT2D eigenvalue weighted by atomic mass is 35.5. The molecule has 3 nitrogen and oxygen atoms in total. The van der Waals surface area contributed by atoms with Crippen LogP contribution in [0.1, 0.15) is 62.6 Å². The van der Waals surface area contributed by atoms with Gasteiger partial charge in [-0.3, -0.25) is 0 Å². The molecule has 0 saturated heterocycles. The number of hydrogen-bond donors (Lipinski definition) is 2. The second-order valence-corrected chi connectivity index (χ2v) is 6.51. The van der Waals surface area contributed by atoms with Crippen LogP contribution in [-0.4, -0.2) is 23.9 Å². The summed E-state index contributed by atoms with van der Waals surface area (Å²) in [6, 6.07) is 1.81. The molecule has 126 valence electrons. The third-order valence-corrected chi connectivity index (χ3v) is 4.78. The van der Waals surface area contributed by atoms with Crippen LogP contribution in [0.25, 0.3) is 0 Å². The number of rotatable bonds is 8. The zero-order valence-corrected chi connectivity index (χ0v) is 15.2. The lowest BCUT2D eigenvalue weighted by atomic mass is 9.87. The van der Waals surface area contributed by atoms with Gasteiger partial charge in [0.05, 0.1) is 12.7 Å². The molecule has 0 amide bonds. The van der Waals surface area contributed by atoms with Crippen molar-refractivity contribution in [3.63, 3.8) is 0 Å². The van der Waals surface area contributed by atoms with Crippen molar-refractivity contribution in [1.29, 1.82) is 0 Å². The van der Waals surface area contributed by atoms with E-state index in [9.17, 15) is 5.11 Å². The Morgan fingerprint density at radius 1 is 1.32 bits per heavy atom. The Hall–Kier alpha value is -0.770. The molecule has 0 aromatic heterocycles. The Labute approximate surface area is 139 Å². The first-order valence-electron chi connectivity index (χ1n) is 8.19. The minimum atomic E-state index is -0.510. The van der Waals surface area contributed by atoms with Crippen molar-refractivity contribution in [2.24, 2.45) is 5.73 Å². The van der Waals surface area contributed by atoms with Crippen molar-refractivity contribution < 1.29 is 9.84 Å². The molecule has 4 heteroatoms. The van der Waals surface area contributed by atoms with Crippen LogP contribution in [0.2, 0.25) is 5.02 Å². The second kappa shape index (κ2) is 8.76. The van der Waals surface area contributed by atoms with Gasteiger partial charge in [0.25, 0.3) is 0 Å². The molecule has 0 aliphatic heterocycles. The first-order chi connectivity index (χ1) is 10.3. The summed E-state index contributed by atoms with van der Waals surface area (Å²) in [6.07, 6.45) is 1.91. The van der Waals surface area contributed by atoms with E-state index in [2.05, 4.69) is 13.8 Å². The monoisotopic (exact) mass is 327 g/mol. The molecule has 3 atom stereocenters. The minimum absolute atomic E-state index is 0.137. The number of aryl methyl sites for hydroxylation is 1. The molecule has 22 heavy (non-hydrogen) atoms. The SMILES string of the molecule is CCCC(N)C(O)CC(C)c1c(OCC)cc(C)c(Cl)c1C. The van der Waals surface area contributed by atoms with Crippen molar-refractivity contribution in [2.45, 2.75) is 71.9 Å². The summed E-state index contributed by atoms with van der Waals surface area (Å²) >= 11 is 6.41. The fourth-order valence-corrected chi connectivity index (χ4v) is 3.16. The van der Waals surface area contributed by atoms with Crippen LogP contribution in [0.3, 0.4) is 0 Å². The molecule has 0 aliphatic rings. The second-order valence-electron chi connectivity index (χ2n) is 6.13. The molecular weight excluding hydrogens is 298 g/mol. The molecule has 0 spiro atoms. The van der Waals surface area contributed by atoms with Crippen LogP contribution in [0.5, 0.6) is 5.75 Å². The van der Waals surface area contributed by atoms with Crippen LogP contribution < -0.4 is 10.5 Å². The third kappa shape index (κ3) is 4.61. The maximum atomic E-state index is 10.3. The van der Waals surface area contributed by atoms with Crippen LogP contribution in [0.4, 0.5) is 0 Å². The molecule has 0 bridgehead atoms. The van der Waals surface area contributed by atoms with Gasteiger partial charge in [-0.05, 0) is 56.7 Å². The fraction of sp³-hybridized carbons (Fsp3) is 0.667. The van der Waals surface area contributed by atoms with Gasteiger partial charge < -0.3 is 15.6 Å². The molecule has 0 saturated carbocycles.